The largest absolute Gasteiger partial charge is 0.457 e. The molecule has 0 saturated carbocycles. The monoisotopic (exact) mass is 691 g/mol. The Morgan fingerprint density at radius 1 is 1.00 bits per heavy atom. The smallest absolute Gasteiger partial charge is 0.407 e. The van der Waals surface area contributed by atoms with E-state index in [-0.39, 0.29) is 36.9 Å². The number of hydrogen-bond donors (Lipinski definition) is 2. The van der Waals surface area contributed by atoms with Crippen LogP contribution in [0.4, 0.5) is 10.5 Å². The number of nitrogens with two attached hydrogens (primary N) is 1. The topological polar surface area (TPSA) is 153 Å². The van der Waals surface area contributed by atoms with Gasteiger partial charge >= 0.3 is 12.1 Å². The van der Waals surface area contributed by atoms with E-state index in [4.69, 9.17) is 24.7 Å². The first kappa shape index (κ1) is 39.2. The molecule has 48 heavy (non-hydrogen) atoms. The van der Waals surface area contributed by atoms with Crippen molar-refractivity contribution in [3.8, 4) is 0 Å². The van der Waals surface area contributed by atoms with Gasteiger partial charge in [-0.1, -0.05) is 44.2 Å². The minimum atomic E-state index is -4.05. The van der Waals surface area contributed by atoms with Gasteiger partial charge in [-0.15, -0.1) is 0 Å². The van der Waals surface area contributed by atoms with Crippen molar-refractivity contribution in [3.63, 3.8) is 0 Å². The van der Waals surface area contributed by atoms with Crippen molar-refractivity contribution >= 4 is 27.8 Å². The fraction of sp³-hybridized carbons (Fsp3) is 0.588. The van der Waals surface area contributed by atoms with E-state index in [2.05, 4.69) is 15.1 Å². The average molecular weight is 692 g/mol. The zero-order valence-corrected chi connectivity index (χ0v) is 29.7. The predicted molar refractivity (Wildman–Crippen MR) is 184 cm³/mol. The molecule has 0 aliphatic carbocycles. The lowest BCUT2D eigenvalue weighted by molar-refractivity contribution is -0.156. The molecule has 3 rings (SSSR count). The van der Waals surface area contributed by atoms with E-state index in [1.807, 2.05) is 65.3 Å². The maximum atomic E-state index is 14.0. The van der Waals surface area contributed by atoms with Gasteiger partial charge in [0.2, 0.25) is 10.0 Å². The molecule has 1 aliphatic heterocycles. The number of benzene rings is 2. The van der Waals surface area contributed by atoms with Gasteiger partial charge in [-0.2, -0.15) is 4.31 Å². The minimum absolute atomic E-state index is 0.0531. The predicted octanol–water partition coefficient (Wildman–Crippen LogP) is 2.46. The summed E-state index contributed by atoms with van der Waals surface area (Å²) < 4.78 is 51.9. The minimum Gasteiger partial charge on any atom is -0.457 e. The normalized spacial score (nSPS) is 16.4. The Morgan fingerprint density at radius 2 is 1.71 bits per heavy atom. The number of sulfonamides is 1. The van der Waals surface area contributed by atoms with Gasteiger partial charge < -0.3 is 39.8 Å². The Kier molecular flexibility index (Phi) is 16.0. The van der Waals surface area contributed by atoms with E-state index in [0.717, 1.165) is 18.7 Å². The SMILES string of the molecule is CC(C)CN(CC(OC(=O)COCCN(C)CCN(C)C)[C@H](Cc1ccccc1)NC(=O)OC1CCOC1)S(=O)(=O)c1ccc(N)cc1. The van der Waals surface area contributed by atoms with Gasteiger partial charge in [0.25, 0.3) is 0 Å². The number of nitrogen functional groups attached to an aromatic ring is 1. The maximum absolute atomic E-state index is 14.0. The van der Waals surface area contributed by atoms with Crippen LogP contribution in [0.3, 0.4) is 0 Å². The van der Waals surface area contributed by atoms with Crippen LogP contribution in [-0.4, -0.2) is 133 Å². The number of carbonyl (C=O) groups is 2. The third-order valence-electron chi connectivity index (χ3n) is 7.73. The Hall–Kier alpha value is -3.27. The van der Waals surface area contributed by atoms with E-state index in [1.54, 1.807) is 0 Å². The number of alkyl carbamates (subject to hydrolysis) is 1. The number of nitrogens with one attached hydrogen (secondary N) is 1. The molecular formula is C34H53N5O8S. The molecule has 1 amide bonds. The van der Waals surface area contributed by atoms with Gasteiger partial charge in [-0.05, 0) is 63.3 Å². The number of amides is 1. The summed E-state index contributed by atoms with van der Waals surface area (Å²) in [5, 5.41) is 2.88. The molecule has 1 heterocycles. The number of likely N-dealkylation sites (N-methyl/N-ethyl adjacent to an activating group) is 2. The molecule has 1 aliphatic rings. The van der Waals surface area contributed by atoms with Gasteiger partial charge in [-0.3, -0.25) is 0 Å². The second kappa shape index (κ2) is 19.7. The van der Waals surface area contributed by atoms with Crippen molar-refractivity contribution in [2.45, 2.75) is 49.8 Å². The zero-order valence-electron chi connectivity index (χ0n) is 28.9. The van der Waals surface area contributed by atoms with Crippen LogP contribution in [-0.2, 0) is 40.2 Å². The molecule has 0 bridgehead atoms. The van der Waals surface area contributed by atoms with Gasteiger partial charge in [0.15, 0.2) is 0 Å². The van der Waals surface area contributed by atoms with Gasteiger partial charge in [0.05, 0.1) is 37.3 Å². The van der Waals surface area contributed by atoms with E-state index in [0.29, 0.717) is 38.5 Å². The van der Waals surface area contributed by atoms with Crippen molar-refractivity contribution in [1.29, 1.82) is 0 Å². The molecule has 2 aromatic carbocycles. The number of carbonyl (C=O) groups excluding carboxylic acids is 2. The van der Waals surface area contributed by atoms with E-state index < -0.39 is 40.3 Å². The molecule has 13 nitrogen and oxygen atoms in total. The summed E-state index contributed by atoms with van der Waals surface area (Å²) in [4.78, 5) is 30.7. The Balaban J connectivity index is 1.87. The molecule has 1 saturated heterocycles. The van der Waals surface area contributed by atoms with Crippen molar-refractivity contribution < 1.29 is 37.0 Å². The van der Waals surface area contributed by atoms with Crippen LogP contribution in [0.1, 0.15) is 25.8 Å². The van der Waals surface area contributed by atoms with E-state index >= 15 is 0 Å². The molecule has 0 spiro atoms. The Bertz CT molecular complexity index is 1360. The number of ether oxygens (including phenoxy) is 4. The van der Waals surface area contributed by atoms with Crippen LogP contribution in [0.15, 0.2) is 59.5 Å². The maximum Gasteiger partial charge on any atom is 0.407 e. The molecule has 3 atom stereocenters. The molecule has 2 aromatic rings. The number of anilines is 1. The molecular weight excluding hydrogens is 638 g/mol. The lowest BCUT2D eigenvalue weighted by Crippen LogP contribution is -2.53. The van der Waals surface area contributed by atoms with Crippen molar-refractivity contribution in [3.05, 3.63) is 60.2 Å². The van der Waals surface area contributed by atoms with Crippen LogP contribution >= 0.6 is 0 Å². The van der Waals surface area contributed by atoms with Crippen LogP contribution in [0, 0.1) is 5.92 Å². The molecule has 1 fully saturated rings. The fourth-order valence-corrected chi connectivity index (χ4v) is 6.68. The number of esters is 1. The third-order valence-corrected chi connectivity index (χ3v) is 9.58. The molecule has 2 unspecified atom stereocenters. The average Bonchev–Trinajstić information content (AvgIpc) is 3.54. The number of hydrogen-bond acceptors (Lipinski definition) is 11. The van der Waals surface area contributed by atoms with Gasteiger partial charge in [-0.25, -0.2) is 18.0 Å². The van der Waals surface area contributed by atoms with Gasteiger partial charge in [0, 0.05) is 38.3 Å². The summed E-state index contributed by atoms with van der Waals surface area (Å²) >= 11 is 0. The molecule has 268 valence electrons. The lowest BCUT2D eigenvalue weighted by atomic mass is 10.0. The fourth-order valence-electron chi connectivity index (χ4n) is 5.06. The van der Waals surface area contributed by atoms with Crippen LogP contribution in [0.5, 0.6) is 0 Å². The van der Waals surface area contributed by atoms with Crippen molar-refractivity contribution in [2.75, 3.05) is 86.0 Å². The molecule has 0 radical (unpaired) electrons. The number of rotatable bonds is 20. The van der Waals surface area contributed by atoms with Crippen LogP contribution in [0.2, 0.25) is 0 Å². The highest BCUT2D eigenvalue weighted by Crippen LogP contribution is 2.22. The molecule has 0 aromatic heterocycles. The Morgan fingerprint density at radius 3 is 2.33 bits per heavy atom. The quantitative estimate of drug-likeness (QED) is 0.120. The second-order valence-corrected chi connectivity index (χ2v) is 14.7. The summed E-state index contributed by atoms with van der Waals surface area (Å²) in [6, 6.07) is 14.5. The first-order valence-corrected chi connectivity index (χ1v) is 17.8. The van der Waals surface area contributed by atoms with E-state index in [9.17, 15) is 18.0 Å². The number of nitrogens with zero attached hydrogens (tertiary/aromatic N) is 3. The van der Waals surface area contributed by atoms with Crippen molar-refractivity contribution in [1.82, 2.24) is 19.4 Å². The lowest BCUT2D eigenvalue weighted by Gasteiger charge is -2.33. The first-order valence-electron chi connectivity index (χ1n) is 16.4. The highest BCUT2D eigenvalue weighted by atomic mass is 32.2. The second-order valence-electron chi connectivity index (χ2n) is 12.8. The zero-order chi connectivity index (χ0) is 35.1. The summed E-state index contributed by atoms with van der Waals surface area (Å²) in [5.41, 5.74) is 7.11. The highest BCUT2D eigenvalue weighted by molar-refractivity contribution is 7.89. The first-order chi connectivity index (χ1) is 22.8. The summed E-state index contributed by atoms with van der Waals surface area (Å²) in [5.74, 6) is -0.742. The third kappa shape index (κ3) is 13.7. The van der Waals surface area contributed by atoms with Crippen LogP contribution in [0.25, 0.3) is 0 Å². The highest BCUT2D eigenvalue weighted by Gasteiger charge is 2.35. The standard InChI is InChI=1S/C34H53N5O8S/c1-26(2)22-39(48(42,43)30-13-11-28(35)12-14-30)23-32(47-33(40)25-45-20-18-38(5)17-16-37(3)4)31(21-27-9-7-6-8-10-27)36-34(41)46-29-15-19-44-24-29/h6-14,26,29,31-32H,15-25,35H2,1-5H3,(H,36,41)/t29?,31-,32?/m0/s1. The Labute approximate surface area is 285 Å². The summed E-state index contributed by atoms with van der Waals surface area (Å²) in [6.07, 6.45) is -1.40. The van der Waals surface area contributed by atoms with Crippen molar-refractivity contribution in [2.24, 2.45) is 5.92 Å². The van der Waals surface area contributed by atoms with Crippen LogP contribution < -0.4 is 11.1 Å². The van der Waals surface area contributed by atoms with Gasteiger partial charge in [0.1, 0.15) is 18.8 Å². The molecule has 14 heteroatoms. The summed E-state index contributed by atoms with van der Waals surface area (Å²) in [7, 11) is 1.93. The summed E-state index contributed by atoms with van der Waals surface area (Å²) in [6.45, 7) is 6.79. The molecule has 3 N–H and O–H groups in total. The van der Waals surface area contributed by atoms with E-state index in [1.165, 1.54) is 28.6 Å².